The van der Waals surface area contributed by atoms with Crippen LogP contribution in [-0.2, 0) is 16.4 Å². The Kier molecular flexibility index (Phi) is 5.64. The molecule has 0 fully saturated rings. The van der Waals surface area contributed by atoms with E-state index in [1.807, 2.05) is 6.92 Å². The van der Waals surface area contributed by atoms with Gasteiger partial charge >= 0.3 is 0 Å². The lowest BCUT2D eigenvalue weighted by atomic mass is 10.1. The Morgan fingerprint density at radius 2 is 1.79 bits per heavy atom. The molecule has 0 unspecified atom stereocenters. The predicted octanol–water partition coefficient (Wildman–Crippen LogP) is 3.01. The predicted molar refractivity (Wildman–Crippen MR) is 107 cm³/mol. The van der Waals surface area contributed by atoms with Crippen molar-refractivity contribution in [1.82, 2.24) is 15.1 Å². The number of aromatic nitrogens is 3. The summed E-state index contributed by atoms with van der Waals surface area (Å²) in [6.07, 6.45) is 0.560. The van der Waals surface area contributed by atoms with Crippen LogP contribution in [-0.4, -0.2) is 29.4 Å². The fourth-order valence-corrected chi connectivity index (χ4v) is 3.82. The second-order valence-corrected chi connectivity index (χ2v) is 8.12. The molecule has 1 aromatic carbocycles. The number of hydrogen-bond acceptors (Lipinski definition) is 7. The number of benzene rings is 1. The van der Waals surface area contributed by atoms with E-state index in [4.69, 9.17) is 4.52 Å². The van der Waals surface area contributed by atoms with Gasteiger partial charge in [0.15, 0.2) is 0 Å². The summed E-state index contributed by atoms with van der Waals surface area (Å²) in [5.41, 5.74) is 2.06. The van der Waals surface area contributed by atoms with Crippen molar-refractivity contribution < 1.29 is 17.7 Å². The monoisotopic (exact) mass is 415 g/mol. The third-order valence-corrected chi connectivity index (χ3v) is 5.49. The van der Waals surface area contributed by atoms with Gasteiger partial charge in [-0.3, -0.25) is 9.52 Å². The van der Waals surface area contributed by atoms with E-state index in [0.717, 1.165) is 0 Å². The molecule has 0 radical (unpaired) electrons. The van der Waals surface area contributed by atoms with Crippen molar-refractivity contribution in [1.29, 1.82) is 0 Å². The van der Waals surface area contributed by atoms with E-state index < -0.39 is 10.0 Å². The van der Waals surface area contributed by atoms with Crippen LogP contribution in [0.15, 0.2) is 39.8 Å². The summed E-state index contributed by atoms with van der Waals surface area (Å²) in [7, 11) is -3.83. The lowest BCUT2D eigenvalue weighted by Gasteiger charge is -2.10. The highest BCUT2D eigenvalue weighted by molar-refractivity contribution is 7.92. The lowest BCUT2D eigenvalue weighted by molar-refractivity contribution is 0.102. The maximum absolute atomic E-state index is 12.6. The van der Waals surface area contributed by atoms with Crippen LogP contribution < -0.4 is 10.0 Å². The average Bonchev–Trinajstić information content (AvgIpc) is 3.01. The first-order valence-electron chi connectivity index (χ1n) is 8.91. The molecule has 9 nitrogen and oxygen atoms in total. The summed E-state index contributed by atoms with van der Waals surface area (Å²) >= 11 is 0. The molecule has 0 bridgehead atoms. The molecule has 0 saturated carbocycles. The summed E-state index contributed by atoms with van der Waals surface area (Å²) in [4.78, 5) is 20.7. The van der Waals surface area contributed by atoms with Crippen LogP contribution >= 0.6 is 0 Å². The molecule has 0 spiro atoms. The number of aryl methyl sites for hydroxylation is 4. The number of nitrogens with one attached hydrogen (secondary N) is 2. The number of anilines is 2. The quantitative estimate of drug-likeness (QED) is 0.633. The van der Waals surface area contributed by atoms with E-state index >= 15 is 0 Å². The fraction of sp³-hybridized carbons (Fsp3) is 0.263. The van der Waals surface area contributed by atoms with Crippen LogP contribution in [0.1, 0.15) is 40.3 Å². The van der Waals surface area contributed by atoms with Crippen LogP contribution in [0, 0.1) is 20.8 Å². The number of sulfonamides is 1. The van der Waals surface area contributed by atoms with Gasteiger partial charge in [0, 0.05) is 17.4 Å². The molecule has 2 heterocycles. The molecule has 0 aliphatic carbocycles. The zero-order valence-corrected chi connectivity index (χ0v) is 17.3. The smallest absolute Gasteiger partial charge is 0.263 e. The molecule has 29 heavy (non-hydrogen) atoms. The number of hydrogen-bond donors (Lipinski definition) is 2. The Balaban J connectivity index is 1.77. The van der Waals surface area contributed by atoms with Gasteiger partial charge in [0.05, 0.1) is 10.6 Å². The van der Waals surface area contributed by atoms with Crippen molar-refractivity contribution in [2.24, 2.45) is 0 Å². The maximum atomic E-state index is 12.6. The number of carbonyl (C=O) groups is 1. The molecule has 0 aliphatic rings. The van der Waals surface area contributed by atoms with Gasteiger partial charge in [-0.15, -0.1) is 0 Å². The summed E-state index contributed by atoms with van der Waals surface area (Å²) in [5, 5.41) is 6.59. The van der Waals surface area contributed by atoms with Crippen molar-refractivity contribution in [2.45, 2.75) is 39.0 Å². The second kappa shape index (κ2) is 8.00. The number of rotatable bonds is 6. The maximum Gasteiger partial charge on any atom is 0.263 e. The molecule has 10 heteroatoms. The van der Waals surface area contributed by atoms with Crippen LogP contribution in [0.5, 0.6) is 0 Å². The molecule has 152 valence electrons. The highest BCUT2D eigenvalue weighted by Crippen LogP contribution is 2.20. The van der Waals surface area contributed by atoms with Gasteiger partial charge in [0.2, 0.25) is 0 Å². The molecule has 0 saturated heterocycles. The van der Waals surface area contributed by atoms with Gasteiger partial charge < -0.3 is 9.84 Å². The van der Waals surface area contributed by atoms with Crippen LogP contribution in [0.4, 0.5) is 11.5 Å². The van der Waals surface area contributed by atoms with Crippen molar-refractivity contribution in [3.63, 3.8) is 0 Å². The molecule has 3 rings (SSSR count). The molecule has 2 aromatic heterocycles. The van der Waals surface area contributed by atoms with E-state index in [1.165, 1.54) is 24.3 Å². The van der Waals surface area contributed by atoms with Gasteiger partial charge in [-0.2, -0.15) is 0 Å². The average molecular weight is 415 g/mol. The molecular weight excluding hydrogens is 394 g/mol. The summed E-state index contributed by atoms with van der Waals surface area (Å²) in [5.74, 6) is 0.734. The first kappa shape index (κ1) is 20.5. The van der Waals surface area contributed by atoms with Gasteiger partial charge in [-0.05, 0) is 51.5 Å². The molecular formula is C19H21N5O4S. The first-order chi connectivity index (χ1) is 13.7. The van der Waals surface area contributed by atoms with E-state index in [-0.39, 0.29) is 16.6 Å². The number of nitrogens with zero attached hydrogens (tertiary/aromatic N) is 3. The Hall–Kier alpha value is -3.27. The number of carbonyl (C=O) groups excluding carboxylic acids is 1. The zero-order chi connectivity index (χ0) is 21.2. The van der Waals surface area contributed by atoms with Crippen molar-refractivity contribution in [2.75, 3.05) is 10.0 Å². The molecule has 3 aromatic rings. The van der Waals surface area contributed by atoms with Crippen molar-refractivity contribution in [3.8, 4) is 0 Å². The Bertz CT molecular complexity index is 1130. The van der Waals surface area contributed by atoms with Gasteiger partial charge in [0.1, 0.15) is 23.0 Å². The van der Waals surface area contributed by atoms with Crippen LogP contribution in [0.25, 0.3) is 0 Å². The second-order valence-electron chi connectivity index (χ2n) is 6.44. The van der Waals surface area contributed by atoms with Crippen molar-refractivity contribution in [3.05, 3.63) is 58.9 Å². The van der Waals surface area contributed by atoms with Crippen LogP contribution in [0.2, 0.25) is 0 Å². The normalized spacial score (nSPS) is 11.3. The third kappa shape index (κ3) is 4.60. The Morgan fingerprint density at radius 3 is 2.41 bits per heavy atom. The number of amides is 1. The van der Waals surface area contributed by atoms with Gasteiger partial charge in [-0.25, -0.2) is 18.4 Å². The molecule has 2 N–H and O–H groups in total. The topological polar surface area (TPSA) is 127 Å². The Morgan fingerprint density at radius 1 is 1.10 bits per heavy atom. The minimum atomic E-state index is -3.83. The minimum Gasteiger partial charge on any atom is -0.361 e. The third-order valence-electron chi connectivity index (χ3n) is 4.12. The van der Waals surface area contributed by atoms with E-state index in [9.17, 15) is 13.2 Å². The first-order valence-corrected chi connectivity index (χ1v) is 10.4. The highest BCUT2D eigenvalue weighted by Gasteiger charge is 2.20. The largest absolute Gasteiger partial charge is 0.361 e. The zero-order valence-electron chi connectivity index (χ0n) is 16.5. The SMILES string of the molecule is CCc1noc(C)c1C(=O)Nc1ccc(S(=O)(=O)Nc2cc(C)nc(C)n2)cc1. The minimum absolute atomic E-state index is 0.0415. The molecule has 1 amide bonds. The van der Waals surface area contributed by atoms with E-state index in [2.05, 4.69) is 25.2 Å². The lowest BCUT2D eigenvalue weighted by Crippen LogP contribution is -2.16. The molecule has 0 aliphatic heterocycles. The van der Waals surface area contributed by atoms with E-state index in [1.54, 1.807) is 26.8 Å². The van der Waals surface area contributed by atoms with E-state index in [0.29, 0.717) is 40.6 Å². The van der Waals surface area contributed by atoms with Gasteiger partial charge in [0.25, 0.3) is 15.9 Å². The molecule has 0 atom stereocenters. The summed E-state index contributed by atoms with van der Waals surface area (Å²) in [6, 6.07) is 7.38. The highest BCUT2D eigenvalue weighted by atomic mass is 32.2. The van der Waals surface area contributed by atoms with Gasteiger partial charge in [-0.1, -0.05) is 12.1 Å². The Labute approximate surface area is 168 Å². The van der Waals surface area contributed by atoms with Crippen molar-refractivity contribution >= 4 is 27.4 Å². The summed E-state index contributed by atoms with van der Waals surface area (Å²) in [6.45, 7) is 6.98. The standard InChI is InChI=1S/C19H21N5O4S/c1-5-16-18(12(3)28-23-16)19(25)22-14-6-8-15(9-7-14)29(26,27)24-17-10-11(2)20-13(4)21-17/h6-10H,5H2,1-4H3,(H,22,25)(H,20,21,24). The summed E-state index contributed by atoms with van der Waals surface area (Å²) < 4.78 is 32.7. The van der Waals surface area contributed by atoms with Crippen LogP contribution in [0.3, 0.4) is 0 Å². The fourth-order valence-electron chi connectivity index (χ4n) is 2.83.